The quantitative estimate of drug-likeness (QED) is 0.441. The summed E-state index contributed by atoms with van der Waals surface area (Å²) in [6.07, 6.45) is -1.44. The number of carbonyl (C=O) groups excluding carboxylic acids is 1. The van der Waals surface area contributed by atoms with Crippen LogP contribution in [0.5, 0.6) is 5.75 Å². The number of hydrogen-bond donors (Lipinski definition) is 2. The number of hydrogen-bond acceptors (Lipinski definition) is 7. The van der Waals surface area contributed by atoms with Gasteiger partial charge in [0.25, 0.3) is 0 Å². The summed E-state index contributed by atoms with van der Waals surface area (Å²) >= 11 is 0. The van der Waals surface area contributed by atoms with Gasteiger partial charge in [0, 0.05) is 25.4 Å². The van der Waals surface area contributed by atoms with Gasteiger partial charge >= 0.3 is 6.18 Å². The molecule has 1 saturated heterocycles. The van der Waals surface area contributed by atoms with Gasteiger partial charge in [-0.05, 0) is 24.3 Å². The third-order valence-corrected chi connectivity index (χ3v) is 4.60. The van der Waals surface area contributed by atoms with E-state index in [-0.39, 0.29) is 17.0 Å². The number of ether oxygens (including phenoxy) is 1. The van der Waals surface area contributed by atoms with E-state index in [0.717, 1.165) is 17.8 Å². The molecule has 8 nitrogen and oxygen atoms in total. The van der Waals surface area contributed by atoms with Crippen molar-refractivity contribution in [2.24, 2.45) is 0 Å². The first-order chi connectivity index (χ1) is 15.7. The maximum Gasteiger partial charge on any atom is 0.416 e. The summed E-state index contributed by atoms with van der Waals surface area (Å²) in [6, 6.07) is 6.89. The number of rotatable bonds is 5. The number of alkyl halides is 3. The van der Waals surface area contributed by atoms with Gasteiger partial charge in [0.05, 0.1) is 36.2 Å². The average molecular weight is 465 g/mol. The maximum absolute atomic E-state index is 13.3. The first kappa shape index (κ1) is 23.7. The normalized spacial score (nSPS) is 13.4. The highest BCUT2D eigenvalue weighted by molar-refractivity contribution is 5.81. The number of nitrogens with one attached hydrogen (secondary N) is 2. The first-order valence-electron chi connectivity index (χ1n) is 9.62. The molecule has 1 aliphatic rings. The van der Waals surface area contributed by atoms with Gasteiger partial charge in [-0.2, -0.15) is 18.3 Å². The van der Waals surface area contributed by atoms with E-state index in [0.29, 0.717) is 31.1 Å². The highest BCUT2D eigenvalue weighted by Gasteiger charge is 2.34. The smallest absolute Gasteiger partial charge is 0.416 e. The second kappa shape index (κ2) is 10.1. The zero-order chi connectivity index (χ0) is 24.0. The lowest BCUT2D eigenvalue weighted by Gasteiger charge is -2.40. The molecule has 2 N–H and O–H groups in total. The predicted molar refractivity (Wildman–Crippen MR) is 112 cm³/mol. The second-order valence-electron chi connectivity index (χ2n) is 6.93. The summed E-state index contributed by atoms with van der Waals surface area (Å²) in [7, 11) is 1.80. The van der Waals surface area contributed by atoms with E-state index < -0.39 is 23.7 Å². The van der Waals surface area contributed by atoms with Gasteiger partial charge in [0.1, 0.15) is 23.4 Å². The Morgan fingerprint density at radius 2 is 1.97 bits per heavy atom. The Kier molecular flexibility index (Phi) is 7.26. The summed E-state index contributed by atoms with van der Waals surface area (Å²) in [5.74, 6) is -1.20. The Bertz CT molecular complexity index is 1140. The SMILES string of the molecule is CNc1ccc(=O)[nH]c1.O=Cc1nnccc1N1CC(Oc2cc(F)cc(C(F)(F)F)c2)C1. The van der Waals surface area contributed by atoms with Gasteiger partial charge < -0.3 is 19.9 Å². The van der Waals surface area contributed by atoms with Gasteiger partial charge in [0.2, 0.25) is 5.56 Å². The summed E-state index contributed by atoms with van der Waals surface area (Å²) in [6.45, 7) is 0.675. The van der Waals surface area contributed by atoms with E-state index >= 15 is 0 Å². The minimum absolute atomic E-state index is 0.0750. The standard InChI is InChI=1S/C15H11F4N3O2.C6H8N2O/c16-10-3-9(15(17,18)19)4-11(5-10)24-12-6-22(7-12)14-1-2-20-21-13(14)8-23;1-7-5-2-3-6(9)8-4-5/h1-5,8,12H,6-7H2;2-4,7H,1H3,(H,8,9). The fraction of sp³-hybridized carbons (Fsp3) is 0.238. The number of carbonyl (C=O) groups is 1. The summed E-state index contributed by atoms with van der Waals surface area (Å²) in [4.78, 5) is 25.7. The molecule has 0 unspecified atom stereocenters. The number of pyridine rings is 1. The van der Waals surface area contributed by atoms with Gasteiger partial charge in [-0.3, -0.25) is 9.59 Å². The van der Waals surface area contributed by atoms with E-state index in [4.69, 9.17) is 4.74 Å². The Hall–Kier alpha value is -3.96. The fourth-order valence-corrected chi connectivity index (χ4v) is 2.95. The number of H-pyrrole nitrogens is 1. The van der Waals surface area contributed by atoms with Crippen LogP contribution in [0, 0.1) is 5.82 Å². The van der Waals surface area contributed by atoms with Crippen LogP contribution in [0.2, 0.25) is 0 Å². The molecule has 33 heavy (non-hydrogen) atoms. The van der Waals surface area contributed by atoms with Crippen LogP contribution in [-0.2, 0) is 6.18 Å². The molecule has 12 heteroatoms. The number of benzene rings is 1. The molecule has 1 aliphatic heterocycles. The summed E-state index contributed by atoms with van der Waals surface area (Å²) < 4.78 is 56.7. The van der Waals surface area contributed by atoms with Crippen molar-refractivity contribution in [3.8, 4) is 5.75 Å². The molecular weight excluding hydrogens is 446 g/mol. The van der Waals surface area contributed by atoms with Crippen LogP contribution in [0.25, 0.3) is 0 Å². The molecule has 174 valence electrons. The predicted octanol–water partition coefficient (Wildman–Crippen LogP) is 3.13. The van der Waals surface area contributed by atoms with Crippen molar-refractivity contribution in [1.29, 1.82) is 0 Å². The van der Waals surface area contributed by atoms with Crippen LogP contribution in [0.3, 0.4) is 0 Å². The molecule has 2 aromatic heterocycles. The van der Waals surface area contributed by atoms with Crippen molar-refractivity contribution in [2.75, 3.05) is 30.4 Å². The number of aromatic amines is 1. The van der Waals surface area contributed by atoms with Crippen molar-refractivity contribution in [3.63, 3.8) is 0 Å². The van der Waals surface area contributed by atoms with E-state index in [2.05, 4.69) is 20.5 Å². The topological polar surface area (TPSA) is 100 Å². The van der Waals surface area contributed by atoms with Crippen molar-refractivity contribution >= 4 is 17.7 Å². The van der Waals surface area contributed by atoms with Crippen LogP contribution < -0.4 is 20.5 Å². The minimum atomic E-state index is -4.65. The lowest BCUT2D eigenvalue weighted by atomic mass is 10.1. The second-order valence-corrected chi connectivity index (χ2v) is 6.93. The number of aromatic nitrogens is 3. The van der Waals surface area contributed by atoms with Gasteiger partial charge in [0.15, 0.2) is 6.29 Å². The van der Waals surface area contributed by atoms with Crippen molar-refractivity contribution in [2.45, 2.75) is 12.3 Å². The van der Waals surface area contributed by atoms with Crippen LogP contribution in [-0.4, -0.2) is 47.7 Å². The average Bonchev–Trinajstić information content (AvgIpc) is 2.76. The third-order valence-electron chi connectivity index (χ3n) is 4.60. The molecule has 3 aromatic rings. The zero-order valence-electron chi connectivity index (χ0n) is 17.3. The largest absolute Gasteiger partial charge is 0.487 e. The van der Waals surface area contributed by atoms with Crippen molar-refractivity contribution in [3.05, 3.63) is 76.2 Å². The number of anilines is 2. The first-order valence-corrected chi connectivity index (χ1v) is 9.62. The van der Waals surface area contributed by atoms with E-state index in [1.54, 1.807) is 30.3 Å². The van der Waals surface area contributed by atoms with Crippen LogP contribution in [0.15, 0.2) is 53.6 Å². The minimum Gasteiger partial charge on any atom is -0.487 e. The highest BCUT2D eigenvalue weighted by Crippen LogP contribution is 2.33. The molecule has 0 atom stereocenters. The lowest BCUT2D eigenvalue weighted by Crippen LogP contribution is -2.54. The fourth-order valence-electron chi connectivity index (χ4n) is 2.95. The summed E-state index contributed by atoms with van der Waals surface area (Å²) in [5.41, 5.74) is 0.468. The van der Waals surface area contributed by atoms with Gasteiger partial charge in [-0.15, -0.1) is 5.10 Å². The molecule has 0 saturated carbocycles. The lowest BCUT2D eigenvalue weighted by molar-refractivity contribution is -0.137. The number of aldehydes is 1. The number of nitrogens with zero attached hydrogens (tertiary/aromatic N) is 3. The molecule has 0 aliphatic carbocycles. The Balaban J connectivity index is 0.000000286. The molecule has 1 fully saturated rings. The number of halogens is 4. The molecule has 0 radical (unpaired) electrons. The third kappa shape index (κ3) is 6.28. The Labute approximate surface area is 185 Å². The molecule has 0 bridgehead atoms. The molecule has 0 amide bonds. The molecule has 3 heterocycles. The maximum atomic E-state index is 13.3. The Morgan fingerprint density at radius 1 is 1.21 bits per heavy atom. The zero-order valence-corrected chi connectivity index (χ0v) is 17.3. The van der Waals surface area contributed by atoms with E-state index in [1.807, 2.05) is 0 Å². The van der Waals surface area contributed by atoms with Crippen LogP contribution in [0.1, 0.15) is 16.1 Å². The van der Waals surface area contributed by atoms with Crippen LogP contribution >= 0.6 is 0 Å². The Morgan fingerprint density at radius 3 is 2.58 bits per heavy atom. The van der Waals surface area contributed by atoms with Gasteiger partial charge in [-0.25, -0.2) is 4.39 Å². The molecular formula is C21H19F4N5O3. The monoisotopic (exact) mass is 465 g/mol. The molecule has 4 rings (SSSR count). The van der Waals surface area contributed by atoms with E-state index in [1.165, 1.54) is 12.3 Å². The molecule has 0 spiro atoms. The molecule has 1 aromatic carbocycles. The van der Waals surface area contributed by atoms with E-state index in [9.17, 15) is 27.2 Å². The van der Waals surface area contributed by atoms with Crippen LogP contribution in [0.4, 0.5) is 28.9 Å². The highest BCUT2D eigenvalue weighted by atomic mass is 19.4. The van der Waals surface area contributed by atoms with Crippen molar-refractivity contribution < 1.29 is 27.1 Å². The summed E-state index contributed by atoms with van der Waals surface area (Å²) in [5, 5.41) is 10.2. The van der Waals surface area contributed by atoms with Gasteiger partial charge in [-0.1, -0.05) is 0 Å². The van der Waals surface area contributed by atoms with Crippen molar-refractivity contribution in [1.82, 2.24) is 15.2 Å².